The smallest absolute Gasteiger partial charge is 0.329 e. The summed E-state index contributed by atoms with van der Waals surface area (Å²) in [5.41, 5.74) is 3.72. The lowest BCUT2D eigenvalue weighted by Gasteiger charge is -2.22. The van der Waals surface area contributed by atoms with Gasteiger partial charge >= 0.3 is 5.97 Å². The van der Waals surface area contributed by atoms with Gasteiger partial charge in [-0.25, -0.2) is 4.79 Å². The van der Waals surface area contributed by atoms with E-state index in [2.05, 4.69) is 5.16 Å². The Labute approximate surface area is 180 Å². The predicted octanol–water partition coefficient (Wildman–Crippen LogP) is 2.90. The van der Waals surface area contributed by atoms with E-state index in [0.717, 1.165) is 16.7 Å². The highest BCUT2D eigenvalue weighted by atomic mass is 16.5. The van der Waals surface area contributed by atoms with Gasteiger partial charge < -0.3 is 19.3 Å². The Morgan fingerprint density at radius 2 is 1.84 bits per heavy atom. The highest BCUT2D eigenvalue weighted by molar-refractivity contribution is 5.86. The van der Waals surface area contributed by atoms with E-state index in [0.29, 0.717) is 11.5 Å². The topological polar surface area (TPSA) is 92.9 Å². The number of amides is 1. The summed E-state index contributed by atoms with van der Waals surface area (Å²) in [6.45, 7) is 1.96. The summed E-state index contributed by atoms with van der Waals surface area (Å²) in [6.07, 6.45) is -0.617. The van der Waals surface area contributed by atoms with Crippen LogP contribution in [0.25, 0.3) is 11.1 Å². The lowest BCUT2D eigenvalue weighted by molar-refractivity contribution is -0.154. The van der Waals surface area contributed by atoms with Gasteiger partial charge in [-0.15, -0.1) is 0 Å². The summed E-state index contributed by atoms with van der Waals surface area (Å²) in [6, 6.07) is 18.7. The Morgan fingerprint density at radius 1 is 1.13 bits per heavy atom. The van der Waals surface area contributed by atoms with Crippen molar-refractivity contribution in [1.29, 1.82) is 0 Å². The average molecular weight is 420 g/mol. The molecule has 0 bridgehead atoms. The SMILES string of the molecule is Cc1cc(CC(=O)N2CC(O)CC2C(=O)OCc2ccc(-c3ccccc3)cc2)on1. The van der Waals surface area contributed by atoms with Crippen LogP contribution in [-0.2, 0) is 27.4 Å². The number of aryl methyl sites for hydroxylation is 1. The minimum Gasteiger partial charge on any atom is -0.459 e. The number of aromatic nitrogens is 1. The Morgan fingerprint density at radius 3 is 2.52 bits per heavy atom. The molecule has 2 heterocycles. The van der Waals surface area contributed by atoms with Gasteiger partial charge in [0.05, 0.1) is 18.2 Å². The zero-order valence-electron chi connectivity index (χ0n) is 17.2. The molecule has 7 heteroatoms. The van der Waals surface area contributed by atoms with Crippen molar-refractivity contribution in [2.24, 2.45) is 0 Å². The van der Waals surface area contributed by atoms with Gasteiger partial charge in [0.15, 0.2) is 0 Å². The number of rotatable bonds is 6. The molecular weight excluding hydrogens is 396 g/mol. The number of carbonyl (C=O) groups is 2. The number of ether oxygens (including phenoxy) is 1. The Hall–Kier alpha value is -3.45. The van der Waals surface area contributed by atoms with Gasteiger partial charge in [-0.3, -0.25) is 4.79 Å². The minimum absolute atomic E-state index is 0.0156. The van der Waals surface area contributed by atoms with Crippen LogP contribution >= 0.6 is 0 Å². The first kappa shape index (κ1) is 20.8. The number of β-amino-alcohol motifs (C(OH)–C–C–N with tert-alkyl or cyclic N) is 1. The van der Waals surface area contributed by atoms with Crippen molar-refractivity contribution < 1.29 is 24.0 Å². The van der Waals surface area contributed by atoms with Crippen molar-refractivity contribution >= 4 is 11.9 Å². The molecule has 0 radical (unpaired) electrons. The van der Waals surface area contributed by atoms with Gasteiger partial charge in [0.2, 0.25) is 5.91 Å². The summed E-state index contributed by atoms with van der Waals surface area (Å²) in [4.78, 5) is 26.7. The number of likely N-dealkylation sites (tertiary alicyclic amines) is 1. The first-order chi connectivity index (χ1) is 15.0. The zero-order valence-corrected chi connectivity index (χ0v) is 17.2. The lowest BCUT2D eigenvalue weighted by atomic mass is 10.0. The van der Waals surface area contributed by atoms with Crippen LogP contribution in [-0.4, -0.2) is 45.7 Å². The van der Waals surface area contributed by atoms with Crippen LogP contribution in [0.1, 0.15) is 23.4 Å². The molecule has 1 amide bonds. The fraction of sp³-hybridized carbons (Fsp3) is 0.292. The normalized spacial score (nSPS) is 18.2. The Kier molecular flexibility index (Phi) is 6.13. The van der Waals surface area contributed by atoms with Gasteiger partial charge in [-0.05, 0) is 23.6 Å². The molecule has 1 saturated heterocycles. The molecular formula is C24H24N2O5. The van der Waals surface area contributed by atoms with Gasteiger partial charge in [0.1, 0.15) is 18.4 Å². The average Bonchev–Trinajstić information content (AvgIpc) is 3.38. The number of aliphatic hydroxyl groups excluding tert-OH is 1. The Bertz CT molecular complexity index is 1050. The van der Waals surface area contributed by atoms with Crippen LogP contribution in [0.5, 0.6) is 0 Å². The maximum Gasteiger partial charge on any atom is 0.329 e. The summed E-state index contributed by atoms with van der Waals surface area (Å²) in [5.74, 6) is -0.401. The van der Waals surface area contributed by atoms with E-state index in [1.54, 1.807) is 13.0 Å². The highest BCUT2D eigenvalue weighted by Gasteiger charge is 2.40. The standard InChI is InChI=1S/C24H24N2O5/c1-16-11-21(31-25-16)13-23(28)26-14-20(27)12-22(26)24(29)30-15-17-7-9-19(10-8-17)18-5-3-2-4-6-18/h2-11,20,22,27H,12-15H2,1H3. The van der Waals surface area contributed by atoms with Crippen LogP contribution < -0.4 is 0 Å². The number of carbonyl (C=O) groups excluding carboxylic acids is 2. The quantitative estimate of drug-likeness (QED) is 0.617. The molecule has 2 atom stereocenters. The molecule has 2 aromatic carbocycles. The van der Waals surface area contributed by atoms with Crippen molar-refractivity contribution in [3.05, 3.63) is 77.7 Å². The molecule has 0 spiro atoms. The first-order valence-electron chi connectivity index (χ1n) is 10.2. The molecule has 1 aliphatic heterocycles. The lowest BCUT2D eigenvalue weighted by Crippen LogP contribution is -2.42. The first-order valence-corrected chi connectivity index (χ1v) is 10.2. The molecule has 1 fully saturated rings. The summed E-state index contributed by atoms with van der Waals surface area (Å²) >= 11 is 0. The van der Waals surface area contributed by atoms with Crippen molar-refractivity contribution in [2.45, 2.75) is 38.5 Å². The zero-order chi connectivity index (χ0) is 21.8. The third-order valence-corrected chi connectivity index (χ3v) is 5.32. The monoisotopic (exact) mass is 420 g/mol. The fourth-order valence-electron chi connectivity index (χ4n) is 3.74. The van der Waals surface area contributed by atoms with Crippen molar-refractivity contribution in [3.8, 4) is 11.1 Å². The van der Waals surface area contributed by atoms with E-state index >= 15 is 0 Å². The van der Waals surface area contributed by atoms with E-state index in [4.69, 9.17) is 9.26 Å². The van der Waals surface area contributed by atoms with Gasteiger partial charge in [0.25, 0.3) is 0 Å². The fourth-order valence-corrected chi connectivity index (χ4v) is 3.74. The number of aliphatic hydroxyl groups is 1. The van der Waals surface area contributed by atoms with Crippen LogP contribution in [0.4, 0.5) is 0 Å². The number of esters is 1. The van der Waals surface area contributed by atoms with E-state index in [1.165, 1.54) is 4.90 Å². The van der Waals surface area contributed by atoms with Crippen LogP contribution in [0.15, 0.2) is 65.2 Å². The van der Waals surface area contributed by atoms with Crippen LogP contribution in [0, 0.1) is 6.92 Å². The summed E-state index contributed by atoms with van der Waals surface area (Å²) in [7, 11) is 0. The Balaban J connectivity index is 1.36. The third-order valence-electron chi connectivity index (χ3n) is 5.32. The molecule has 160 valence electrons. The van der Waals surface area contributed by atoms with E-state index < -0.39 is 18.1 Å². The van der Waals surface area contributed by atoms with Gasteiger partial charge in [0, 0.05) is 19.0 Å². The molecule has 0 saturated carbocycles. The minimum atomic E-state index is -0.810. The summed E-state index contributed by atoms with van der Waals surface area (Å²) < 4.78 is 10.5. The number of benzene rings is 2. The highest BCUT2D eigenvalue weighted by Crippen LogP contribution is 2.22. The maximum atomic E-state index is 12.7. The van der Waals surface area contributed by atoms with E-state index in [-0.39, 0.29) is 31.9 Å². The third kappa shape index (κ3) is 5.00. The number of hydrogen-bond acceptors (Lipinski definition) is 6. The molecule has 2 unspecified atom stereocenters. The van der Waals surface area contributed by atoms with Gasteiger partial charge in [-0.1, -0.05) is 59.8 Å². The largest absolute Gasteiger partial charge is 0.459 e. The van der Waals surface area contributed by atoms with Crippen molar-refractivity contribution in [2.75, 3.05) is 6.54 Å². The second-order valence-electron chi connectivity index (χ2n) is 7.73. The molecule has 3 aromatic rings. The molecule has 1 N–H and O–H groups in total. The van der Waals surface area contributed by atoms with Crippen molar-refractivity contribution in [1.82, 2.24) is 10.1 Å². The molecule has 1 aliphatic rings. The van der Waals surface area contributed by atoms with Gasteiger partial charge in [-0.2, -0.15) is 0 Å². The van der Waals surface area contributed by atoms with E-state index in [1.807, 2.05) is 54.6 Å². The molecule has 7 nitrogen and oxygen atoms in total. The molecule has 1 aromatic heterocycles. The van der Waals surface area contributed by atoms with Crippen molar-refractivity contribution in [3.63, 3.8) is 0 Å². The predicted molar refractivity (Wildman–Crippen MR) is 113 cm³/mol. The second kappa shape index (κ2) is 9.14. The van der Waals surface area contributed by atoms with E-state index in [9.17, 15) is 14.7 Å². The summed E-state index contributed by atoms with van der Waals surface area (Å²) in [5, 5.41) is 13.8. The molecule has 4 rings (SSSR count). The molecule has 0 aliphatic carbocycles. The molecule has 31 heavy (non-hydrogen) atoms. The maximum absolute atomic E-state index is 12.7. The number of hydrogen-bond donors (Lipinski definition) is 1. The van der Waals surface area contributed by atoms with Crippen LogP contribution in [0.3, 0.4) is 0 Å². The second-order valence-corrected chi connectivity index (χ2v) is 7.73. The van der Waals surface area contributed by atoms with Crippen LogP contribution in [0.2, 0.25) is 0 Å². The number of nitrogens with zero attached hydrogens (tertiary/aromatic N) is 2.